The molecule has 4 heteroatoms. The van der Waals surface area contributed by atoms with Gasteiger partial charge in [-0.25, -0.2) is 0 Å². The Morgan fingerprint density at radius 2 is 1.62 bits per heavy atom. The molecule has 0 radical (unpaired) electrons. The van der Waals surface area contributed by atoms with Gasteiger partial charge in [0, 0.05) is 23.5 Å². The molecule has 3 rings (SSSR count). The number of aromatic nitrogens is 1. The van der Waals surface area contributed by atoms with Crippen LogP contribution in [0.5, 0.6) is 17.2 Å². The lowest BCUT2D eigenvalue weighted by Gasteiger charge is -2.12. The van der Waals surface area contributed by atoms with Gasteiger partial charge in [-0.15, -0.1) is 0 Å². The molecule has 0 saturated carbocycles. The van der Waals surface area contributed by atoms with E-state index in [0.29, 0.717) is 18.1 Å². The quantitative estimate of drug-likeness (QED) is 0.630. The van der Waals surface area contributed by atoms with Crippen molar-refractivity contribution in [2.45, 2.75) is 20.5 Å². The fraction of sp³-hybridized carbons (Fsp3) is 0.227. The van der Waals surface area contributed by atoms with Crippen LogP contribution >= 0.6 is 0 Å². The molecule has 4 nitrogen and oxygen atoms in total. The summed E-state index contributed by atoms with van der Waals surface area (Å²) in [6, 6.07) is 14.0. The summed E-state index contributed by atoms with van der Waals surface area (Å²) in [6.07, 6.45) is 3.66. The van der Waals surface area contributed by atoms with Crippen LogP contribution in [0.1, 0.15) is 16.7 Å². The second kappa shape index (κ2) is 7.91. The number of rotatable bonds is 6. The lowest BCUT2D eigenvalue weighted by molar-refractivity contribution is 0.303. The molecule has 134 valence electrons. The van der Waals surface area contributed by atoms with Crippen LogP contribution in [0.25, 0.3) is 11.1 Å². The van der Waals surface area contributed by atoms with Crippen LogP contribution < -0.4 is 14.2 Å². The monoisotopic (exact) mass is 349 g/mol. The van der Waals surface area contributed by atoms with E-state index >= 15 is 0 Å². The molecule has 3 aromatic rings. The maximum absolute atomic E-state index is 5.99. The minimum atomic E-state index is 0.471. The van der Waals surface area contributed by atoms with Crippen LogP contribution in [0.4, 0.5) is 0 Å². The standard InChI is InChI=1S/C22H23NO3/c1-15-6-5-7-20(16(15)2)26-14-17-10-19(13-23-12-17)18-8-9-21(24-3)22(11-18)25-4/h5-13H,14H2,1-4H3. The number of hydrogen-bond acceptors (Lipinski definition) is 4. The van der Waals surface area contributed by atoms with E-state index in [1.54, 1.807) is 14.2 Å². The van der Waals surface area contributed by atoms with Gasteiger partial charge in [-0.05, 0) is 54.8 Å². The van der Waals surface area contributed by atoms with Crippen LogP contribution in [0, 0.1) is 13.8 Å². The first-order chi connectivity index (χ1) is 12.6. The lowest BCUT2D eigenvalue weighted by Crippen LogP contribution is -1.99. The minimum Gasteiger partial charge on any atom is -0.493 e. The third-order valence-electron chi connectivity index (χ3n) is 4.46. The first-order valence-electron chi connectivity index (χ1n) is 8.47. The van der Waals surface area contributed by atoms with E-state index in [4.69, 9.17) is 14.2 Å². The molecule has 2 aromatic carbocycles. The highest BCUT2D eigenvalue weighted by Crippen LogP contribution is 2.32. The van der Waals surface area contributed by atoms with E-state index in [9.17, 15) is 0 Å². The summed E-state index contributed by atoms with van der Waals surface area (Å²) in [5, 5.41) is 0. The first kappa shape index (κ1) is 17.8. The number of aryl methyl sites for hydroxylation is 1. The van der Waals surface area contributed by atoms with Gasteiger partial charge >= 0.3 is 0 Å². The number of pyridine rings is 1. The Labute approximate surface area is 154 Å². The van der Waals surface area contributed by atoms with Gasteiger partial charge < -0.3 is 14.2 Å². The third-order valence-corrected chi connectivity index (χ3v) is 4.46. The van der Waals surface area contributed by atoms with E-state index < -0.39 is 0 Å². The Morgan fingerprint density at radius 3 is 2.38 bits per heavy atom. The molecule has 0 aliphatic carbocycles. The summed E-state index contributed by atoms with van der Waals surface area (Å²) < 4.78 is 16.7. The highest BCUT2D eigenvalue weighted by atomic mass is 16.5. The largest absolute Gasteiger partial charge is 0.493 e. The smallest absolute Gasteiger partial charge is 0.161 e. The number of hydrogen-bond donors (Lipinski definition) is 0. The zero-order valence-corrected chi connectivity index (χ0v) is 15.6. The van der Waals surface area contributed by atoms with E-state index in [1.165, 1.54) is 5.56 Å². The number of benzene rings is 2. The second-order valence-electron chi connectivity index (χ2n) is 6.14. The highest BCUT2D eigenvalue weighted by molar-refractivity contribution is 5.67. The maximum Gasteiger partial charge on any atom is 0.161 e. The summed E-state index contributed by atoms with van der Waals surface area (Å²) >= 11 is 0. The number of ether oxygens (including phenoxy) is 3. The van der Waals surface area contributed by atoms with Gasteiger partial charge in [0.2, 0.25) is 0 Å². The Kier molecular flexibility index (Phi) is 5.42. The fourth-order valence-electron chi connectivity index (χ4n) is 2.78. The van der Waals surface area contributed by atoms with Gasteiger partial charge in [-0.1, -0.05) is 18.2 Å². The van der Waals surface area contributed by atoms with Crippen molar-refractivity contribution in [2.24, 2.45) is 0 Å². The Morgan fingerprint density at radius 1 is 0.808 bits per heavy atom. The van der Waals surface area contributed by atoms with Crippen molar-refractivity contribution >= 4 is 0 Å². The Balaban J connectivity index is 1.81. The van der Waals surface area contributed by atoms with Crippen LogP contribution in [-0.4, -0.2) is 19.2 Å². The second-order valence-corrected chi connectivity index (χ2v) is 6.14. The molecule has 0 aliphatic rings. The van der Waals surface area contributed by atoms with Crippen LogP contribution in [-0.2, 0) is 6.61 Å². The van der Waals surface area contributed by atoms with Gasteiger partial charge in [0.05, 0.1) is 14.2 Å². The average Bonchev–Trinajstić information content (AvgIpc) is 2.68. The third kappa shape index (κ3) is 3.80. The maximum atomic E-state index is 5.99. The van der Waals surface area contributed by atoms with Crippen LogP contribution in [0.3, 0.4) is 0 Å². The van der Waals surface area contributed by atoms with Gasteiger partial charge in [0.25, 0.3) is 0 Å². The predicted molar refractivity (Wildman–Crippen MR) is 103 cm³/mol. The SMILES string of the molecule is COc1ccc(-c2cncc(COc3cccc(C)c3C)c2)cc1OC. The van der Waals surface area contributed by atoms with Crippen molar-refractivity contribution in [1.82, 2.24) is 4.98 Å². The zero-order chi connectivity index (χ0) is 18.5. The Bertz CT molecular complexity index is 906. The first-order valence-corrected chi connectivity index (χ1v) is 8.47. The molecule has 26 heavy (non-hydrogen) atoms. The number of nitrogens with zero attached hydrogens (tertiary/aromatic N) is 1. The van der Waals surface area contributed by atoms with Crippen LogP contribution in [0.15, 0.2) is 54.9 Å². The van der Waals surface area contributed by atoms with Crippen LogP contribution in [0.2, 0.25) is 0 Å². The van der Waals surface area contributed by atoms with Gasteiger partial charge in [-0.3, -0.25) is 4.98 Å². The topological polar surface area (TPSA) is 40.6 Å². The van der Waals surface area contributed by atoms with Crippen molar-refractivity contribution in [1.29, 1.82) is 0 Å². The molecule has 1 aromatic heterocycles. The molecular weight excluding hydrogens is 326 g/mol. The predicted octanol–water partition coefficient (Wildman–Crippen LogP) is 4.96. The number of methoxy groups -OCH3 is 2. The normalized spacial score (nSPS) is 10.5. The molecule has 1 heterocycles. The summed E-state index contributed by atoms with van der Waals surface area (Å²) in [5.74, 6) is 2.31. The summed E-state index contributed by atoms with van der Waals surface area (Å²) in [7, 11) is 3.26. The molecular formula is C22H23NO3. The van der Waals surface area contributed by atoms with E-state index in [2.05, 4.69) is 31.0 Å². The fourth-order valence-corrected chi connectivity index (χ4v) is 2.78. The van der Waals surface area contributed by atoms with Crippen molar-refractivity contribution < 1.29 is 14.2 Å². The van der Waals surface area contributed by atoms with Gasteiger partial charge in [0.15, 0.2) is 11.5 Å². The van der Waals surface area contributed by atoms with Crippen molar-refractivity contribution in [3.05, 3.63) is 71.5 Å². The molecule has 0 spiro atoms. The average molecular weight is 349 g/mol. The highest BCUT2D eigenvalue weighted by Gasteiger charge is 2.08. The molecule has 0 saturated heterocycles. The molecule has 0 amide bonds. The van der Waals surface area contributed by atoms with Crippen molar-refractivity contribution in [3.8, 4) is 28.4 Å². The zero-order valence-electron chi connectivity index (χ0n) is 15.6. The molecule has 0 N–H and O–H groups in total. The van der Waals surface area contributed by atoms with Crippen molar-refractivity contribution in [3.63, 3.8) is 0 Å². The lowest BCUT2D eigenvalue weighted by atomic mass is 10.1. The molecule has 0 bridgehead atoms. The minimum absolute atomic E-state index is 0.471. The van der Waals surface area contributed by atoms with E-state index in [1.807, 2.05) is 42.7 Å². The Hall–Kier alpha value is -3.01. The van der Waals surface area contributed by atoms with Gasteiger partial charge in [-0.2, -0.15) is 0 Å². The summed E-state index contributed by atoms with van der Waals surface area (Å²) in [6.45, 7) is 4.63. The van der Waals surface area contributed by atoms with E-state index in [0.717, 1.165) is 28.0 Å². The molecule has 0 unspecified atom stereocenters. The molecule has 0 aliphatic heterocycles. The summed E-state index contributed by atoms with van der Waals surface area (Å²) in [4.78, 5) is 4.36. The molecule has 0 fully saturated rings. The molecule has 0 atom stereocenters. The van der Waals surface area contributed by atoms with Gasteiger partial charge in [0.1, 0.15) is 12.4 Å². The van der Waals surface area contributed by atoms with Crippen molar-refractivity contribution in [2.75, 3.05) is 14.2 Å². The summed E-state index contributed by atoms with van der Waals surface area (Å²) in [5.41, 5.74) is 5.42. The van der Waals surface area contributed by atoms with E-state index in [-0.39, 0.29) is 0 Å².